The van der Waals surface area contributed by atoms with Crippen molar-refractivity contribution < 1.29 is 4.79 Å². The number of nitrogens with zero attached hydrogens (tertiary/aromatic N) is 1. The Morgan fingerprint density at radius 2 is 1.83 bits per heavy atom. The van der Waals surface area contributed by atoms with Gasteiger partial charge in [0, 0.05) is 26.1 Å². The molecule has 3 heteroatoms. The summed E-state index contributed by atoms with van der Waals surface area (Å²) < 4.78 is 0. The summed E-state index contributed by atoms with van der Waals surface area (Å²) in [6.07, 6.45) is 10.6. The predicted molar refractivity (Wildman–Crippen MR) is 76.3 cm³/mol. The van der Waals surface area contributed by atoms with Gasteiger partial charge in [-0.05, 0) is 25.2 Å². The van der Waals surface area contributed by atoms with Crippen LogP contribution in [-0.4, -0.2) is 30.4 Å². The minimum Gasteiger partial charge on any atom is -0.341 e. The lowest BCUT2D eigenvalue weighted by molar-refractivity contribution is -0.132. The number of nitrogens with two attached hydrogens (primary N) is 1. The third-order valence-electron chi connectivity index (χ3n) is 4.04. The molecule has 3 nitrogen and oxygen atoms in total. The molecule has 1 fully saturated rings. The maximum atomic E-state index is 12.0. The van der Waals surface area contributed by atoms with E-state index in [0.717, 1.165) is 6.42 Å². The minimum atomic E-state index is 0.285. The van der Waals surface area contributed by atoms with Crippen LogP contribution in [0.25, 0.3) is 0 Å². The highest BCUT2D eigenvalue weighted by Gasteiger charge is 2.34. The molecular formula is C15H30N2O. The highest BCUT2D eigenvalue weighted by molar-refractivity contribution is 5.76. The van der Waals surface area contributed by atoms with Crippen LogP contribution in [0.1, 0.15) is 64.7 Å². The Kier molecular flexibility index (Phi) is 7.33. The Labute approximate surface area is 112 Å². The number of unbranched alkanes of at least 4 members (excludes halogenated alkanes) is 5. The molecule has 0 radical (unpaired) electrons. The van der Waals surface area contributed by atoms with Gasteiger partial charge in [0.15, 0.2) is 0 Å². The summed E-state index contributed by atoms with van der Waals surface area (Å²) in [5.74, 6) is 0.960. The molecule has 0 aromatic carbocycles. The highest BCUT2D eigenvalue weighted by Crippen LogP contribution is 2.34. The summed E-state index contributed by atoms with van der Waals surface area (Å²) >= 11 is 0. The van der Waals surface area contributed by atoms with Crippen molar-refractivity contribution in [3.63, 3.8) is 0 Å². The lowest BCUT2D eigenvalue weighted by Gasteiger charge is -2.27. The van der Waals surface area contributed by atoms with Crippen LogP contribution in [0.5, 0.6) is 0 Å². The molecule has 0 aliphatic heterocycles. The quantitative estimate of drug-likeness (QED) is 0.609. The number of carbonyl (C=O) groups excluding carboxylic acids is 1. The van der Waals surface area contributed by atoms with Crippen LogP contribution in [0.4, 0.5) is 0 Å². The van der Waals surface area contributed by atoms with Crippen LogP contribution in [0.2, 0.25) is 0 Å². The lowest BCUT2D eigenvalue weighted by atomic mass is 10.1. The van der Waals surface area contributed by atoms with Crippen molar-refractivity contribution in [3.8, 4) is 0 Å². The Morgan fingerprint density at radius 1 is 1.22 bits per heavy atom. The van der Waals surface area contributed by atoms with Crippen LogP contribution in [0.15, 0.2) is 0 Å². The van der Waals surface area contributed by atoms with Crippen LogP contribution >= 0.6 is 0 Å². The molecule has 18 heavy (non-hydrogen) atoms. The summed E-state index contributed by atoms with van der Waals surface area (Å²) in [6, 6.07) is 0.289. The largest absolute Gasteiger partial charge is 0.341 e. The van der Waals surface area contributed by atoms with Gasteiger partial charge in [-0.3, -0.25) is 4.79 Å². The summed E-state index contributed by atoms with van der Waals surface area (Å²) in [4.78, 5) is 13.9. The zero-order chi connectivity index (χ0) is 13.4. The molecule has 0 heterocycles. The molecule has 0 aromatic heterocycles. The minimum absolute atomic E-state index is 0.285. The lowest BCUT2D eigenvalue weighted by Crippen LogP contribution is -2.43. The monoisotopic (exact) mass is 254 g/mol. The molecule has 106 valence electrons. The number of carbonyl (C=O) groups is 1. The van der Waals surface area contributed by atoms with E-state index in [9.17, 15) is 4.79 Å². The topological polar surface area (TPSA) is 46.3 Å². The SMILES string of the molecule is CCCCCCCCC(=O)N(C)C(CN)C1CC1. The fourth-order valence-electron chi connectivity index (χ4n) is 2.57. The van der Waals surface area contributed by atoms with Crippen LogP contribution < -0.4 is 5.73 Å². The number of likely N-dealkylation sites (N-methyl/N-ethyl adjacent to an activating group) is 1. The highest BCUT2D eigenvalue weighted by atomic mass is 16.2. The normalized spacial score (nSPS) is 16.6. The third-order valence-corrected chi connectivity index (χ3v) is 4.04. The molecule has 1 aliphatic rings. The molecule has 1 amide bonds. The van der Waals surface area contributed by atoms with Crippen molar-refractivity contribution in [1.82, 2.24) is 4.90 Å². The number of hydrogen-bond acceptors (Lipinski definition) is 2. The van der Waals surface area contributed by atoms with E-state index in [4.69, 9.17) is 5.73 Å². The van der Waals surface area contributed by atoms with E-state index in [-0.39, 0.29) is 11.9 Å². The van der Waals surface area contributed by atoms with Crippen molar-refractivity contribution in [2.24, 2.45) is 11.7 Å². The predicted octanol–water partition coefficient (Wildman–Crippen LogP) is 2.93. The maximum absolute atomic E-state index is 12.0. The average molecular weight is 254 g/mol. The van der Waals surface area contributed by atoms with E-state index in [0.29, 0.717) is 18.9 Å². The fraction of sp³-hybridized carbons (Fsp3) is 0.933. The van der Waals surface area contributed by atoms with Crippen molar-refractivity contribution in [2.45, 2.75) is 70.8 Å². The van der Waals surface area contributed by atoms with Crippen molar-refractivity contribution >= 4 is 5.91 Å². The van der Waals surface area contributed by atoms with Gasteiger partial charge in [0.2, 0.25) is 5.91 Å². The number of hydrogen-bond donors (Lipinski definition) is 1. The molecule has 0 bridgehead atoms. The van der Waals surface area contributed by atoms with Crippen LogP contribution in [-0.2, 0) is 4.79 Å². The van der Waals surface area contributed by atoms with Gasteiger partial charge in [0.05, 0.1) is 0 Å². The first-order valence-corrected chi connectivity index (χ1v) is 7.66. The van der Waals surface area contributed by atoms with Gasteiger partial charge in [0.25, 0.3) is 0 Å². The first-order chi connectivity index (χ1) is 8.70. The first-order valence-electron chi connectivity index (χ1n) is 7.66. The van der Waals surface area contributed by atoms with E-state index in [1.54, 1.807) is 0 Å². The second-order valence-corrected chi connectivity index (χ2v) is 5.66. The molecule has 2 N–H and O–H groups in total. The van der Waals surface area contributed by atoms with E-state index in [1.807, 2.05) is 11.9 Å². The van der Waals surface area contributed by atoms with E-state index < -0.39 is 0 Å². The standard InChI is InChI=1S/C15H30N2O/c1-3-4-5-6-7-8-9-15(18)17(2)14(12-16)13-10-11-13/h13-14H,3-12,16H2,1-2H3. The number of rotatable bonds is 10. The Morgan fingerprint density at radius 3 is 2.39 bits per heavy atom. The zero-order valence-corrected chi connectivity index (χ0v) is 12.2. The zero-order valence-electron chi connectivity index (χ0n) is 12.2. The van der Waals surface area contributed by atoms with Crippen molar-refractivity contribution in [3.05, 3.63) is 0 Å². The molecule has 1 atom stereocenters. The first kappa shape index (κ1) is 15.5. The second kappa shape index (κ2) is 8.52. The molecule has 1 aliphatic carbocycles. The molecule has 0 spiro atoms. The van der Waals surface area contributed by atoms with Gasteiger partial charge in [-0.1, -0.05) is 39.0 Å². The Bertz CT molecular complexity index is 239. The molecule has 1 saturated carbocycles. The van der Waals surface area contributed by atoms with Crippen LogP contribution in [0.3, 0.4) is 0 Å². The van der Waals surface area contributed by atoms with E-state index in [1.165, 1.54) is 44.9 Å². The average Bonchev–Trinajstić information content (AvgIpc) is 3.18. The van der Waals surface area contributed by atoms with Gasteiger partial charge in [0.1, 0.15) is 0 Å². The van der Waals surface area contributed by atoms with E-state index in [2.05, 4.69) is 6.92 Å². The fourth-order valence-corrected chi connectivity index (χ4v) is 2.57. The number of amides is 1. The Balaban J connectivity index is 2.11. The van der Waals surface area contributed by atoms with Gasteiger partial charge in [-0.2, -0.15) is 0 Å². The maximum Gasteiger partial charge on any atom is 0.222 e. The summed E-state index contributed by atoms with van der Waals surface area (Å²) in [5, 5.41) is 0. The smallest absolute Gasteiger partial charge is 0.222 e. The molecule has 0 saturated heterocycles. The molecule has 1 unspecified atom stereocenters. The van der Waals surface area contributed by atoms with Gasteiger partial charge in [-0.15, -0.1) is 0 Å². The van der Waals surface area contributed by atoms with Gasteiger partial charge in [-0.25, -0.2) is 0 Å². The van der Waals surface area contributed by atoms with Gasteiger partial charge < -0.3 is 10.6 Å². The molecule has 1 rings (SSSR count). The molecular weight excluding hydrogens is 224 g/mol. The van der Waals surface area contributed by atoms with Crippen molar-refractivity contribution in [2.75, 3.05) is 13.6 Å². The summed E-state index contributed by atoms with van der Waals surface area (Å²) in [7, 11) is 1.93. The van der Waals surface area contributed by atoms with E-state index >= 15 is 0 Å². The molecule has 0 aromatic rings. The van der Waals surface area contributed by atoms with Crippen LogP contribution in [0, 0.1) is 5.92 Å². The van der Waals surface area contributed by atoms with Gasteiger partial charge >= 0.3 is 0 Å². The third kappa shape index (κ3) is 5.38. The second-order valence-electron chi connectivity index (χ2n) is 5.66. The summed E-state index contributed by atoms with van der Waals surface area (Å²) in [6.45, 7) is 2.84. The van der Waals surface area contributed by atoms with Crippen molar-refractivity contribution in [1.29, 1.82) is 0 Å². The summed E-state index contributed by atoms with van der Waals surface area (Å²) in [5.41, 5.74) is 5.77. The Hall–Kier alpha value is -0.570.